The minimum atomic E-state index is -1.27. The van der Waals surface area contributed by atoms with E-state index in [-0.39, 0.29) is 19.6 Å². The Morgan fingerprint density at radius 3 is 2.48 bits per heavy atom. The van der Waals surface area contributed by atoms with Gasteiger partial charge in [-0.3, -0.25) is 14.4 Å². The number of carbonyl (C=O) groups excluding carboxylic acids is 3. The minimum absolute atomic E-state index is 0.200. The summed E-state index contributed by atoms with van der Waals surface area (Å²) in [6, 6.07) is -1.24. The van der Waals surface area contributed by atoms with Gasteiger partial charge in [-0.2, -0.15) is 0 Å². The van der Waals surface area contributed by atoms with Crippen LogP contribution in [0.3, 0.4) is 0 Å². The molecule has 2 N–H and O–H groups in total. The predicted molar refractivity (Wildman–Crippen MR) is 86.5 cm³/mol. The SMILES string of the molecule is COC[C@@H]1C[C@H](NC(=O)C=CC(=O)O)C(=O)N1CC(=O)OC(C)(C)C. The molecule has 0 aromatic rings. The fourth-order valence-corrected chi connectivity index (χ4v) is 2.44. The molecule has 9 heteroatoms. The lowest BCUT2D eigenvalue weighted by atomic mass is 10.1. The summed E-state index contributed by atoms with van der Waals surface area (Å²) in [4.78, 5) is 47.9. The molecule has 0 radical (unpaired) electrons. The average Bonchev–Trinajstić information content (AvgIpc) is 2.72. The normalized spacial score (nSPS) is 20.8. The summed E-state index contributed by atoms with van der Waals surface area (Å²) in [7, 11) is 1.47. The third kappa shape index (κ3) is 6.92. The van der Waals surface area contributed by atoms with Gasteiger partial charge in [0.15, 0.2) is 0 Å². The van der Waals surface area contributed by atoms with Crippen LogP contribution in [0.2, 0.25) is 0 Å². The van der Waals surface area contributed by atoms with Gasteiger partial charge in [0, 0.05) is 19.3 Å². The Kier molecular flexibility index (Phi) is 7.10. The van der Waals surface area contributed by atoms with Crippen LogP contribution in [0.5, 0.6) is 0 Å². The molecule has 9 nitrogen and oxygen atoms in total. The van der Waals surface area contributed by atoms with E-state index in [0.717, 1.165) is 6.08 Å². The number of nitrogens with one attached hydrogen (secondary N) is 1. The van der Waals surface area contributed by atoms with Gasteiger partial charge in [-0.05, 0) is 27.2 Å². The lowest BCUT2D eigenvalue weighted by Gasteiger charge is -2.26. The number of carbonyl (C=O) groups is 4. The maximum Gasteiger partial charge on any atom is 0.328 e. The van der Waals surface area contributed by atoms with Gasteiger partial charge in [-0.15, -0.1) is 0 Å². The highest BCUT2D eigenvalue weighted by Crippen LogP contribution is 2.20. The first-order chi connectivity index (χ1) is 11.5. The van der Waals surface area contributed by atoms with Crippen LogP contribution in [0.15, 0.2) is 12.2 Å². The van der Waals surface area contributed by atoms with E-state index in [1.165, 1.54) is 12.0 Å². The number of ether oxygens (including phenoxy) is 2. The number of likely N-dealkylation sites (tertiary alicyclic amines) is 1. The van der Waals surface area contributed by atoms with Crippen molar-refractivity contribution in [2.24, 2.45) is 0 Å². The average molecular weight is 356 g/mol. The van der Waals surface area contributed by atoms with Gasteiger partial charge < -0.3 is 24.8 Å². The summed E-state index contributed by atoms with van der Waals surface area (Å²) in [6.07, 6.45) is 1.76. The van der Waals surface area contributed by atoms with Crippen molar-refractivity contribution in [3.8, 4) is 0 Å². The van der Waals surface area contributed by atoms with E-state index in [2.05, 4.69) is 5.32 Å². The number of rotatable bonds is 7. The summed E-state index contributed by atoms with van der Waals surface area (Å²) in [5.74, 6) is -2.96. The second-order valence-corrected chi connectivity index (χ2v) is 6.63. The number of methoxy groups -OCH3 is 1. The molecule has 25 heavy (non-hydrogen) atoms. The van der Waals surface area contributed by atoms with Gasteiger partial charge in [0.1, 0.15) is 18.2 Å². The molecule has 0 spiro atoms. The molecule has 0 aromatic heterocycles. The van der Waals surface area contributed by atoms with Crippen LogP contribution in [-0.4, -0.2) is 71.7 Å². The van der Waals surface area contributed by atoms with Crippen LogP contribution in [0.4, 0.5) is 0 Å². The lowest BCUT2D eigenvalue weighted by molar-refractivity contribution is -0.159. The van der Waals surface area contributed by atoms with Crippen LogP contribution in [0.1, 0.15) is 27.2 Å². The van der Waals surface area contributed by atoms with Gasteiger partial charge in [0.05, 0.1) is 12.6 Å². The standard InChI is InChI=1S/C16H24N2O7/c1-16(2,3)25-14(22)8-18-10(9-24-4)7-11(15(18)23)17-12(19)5-6-13(20)21/h5-6,10-11H,7-9H2,1-4H3,(H,17,19)(H,20,21)/t10-,11-/m0/s1. The molecular weight excluding hydrogens is 332 g/mol. The molecule has 0 aliphatic carbocycles. The molecule has 1 saturated heterocycles. The molecule has 0 bridgehead atoms. The molecule has 1 aliphatic rings. The number of hydrogen-bond acceptors (Lipinski definition) is 6. The van der Waals surface area contributed by atoms with Gasteiger partial charge in [-0.1, -0.05) is 0 Å². The lowest BCUT2D eigenvalue weighted by Crippen LogP contribution is -2.45. The topological polar surface area (TPSA) is 122 Å². The third-order valence-electron chi connectivity index (χ3n) is 3.30. The maximum atomic E-state index is 12.5. The summed E-state index contributed by atoms with van der Waals surface area (Å²) >= 11 is 0. The zero-order chi connectivity index (χ0) is 19.2. The summed E-state index contributed by atoms with van der Waals surface area (Å²) in [5, 5.41) is 10.9. The van der Waals surface area contributed by atoms with Gasteiger partial charge in [0.25, 0.3) is 0 Å². The van der Waals surface area contributed by atoms with Crippen LogP contribution >= 0.6 is 0 Å². The van der Waals surface area contributed by atoms with E-state index < -0.39 is 41.4 Å². The molecular formula is C16H24N2O7. The summed E-state index contributed by atoms with van der Waals surface area (Å²) < 4.78 is 10.3. The van der Waals surface area contributed by atoms with Crippen molar-refractivity contribution >= 4 is 23.8 Å². The van der Waals surface area contributed by atoms with E-state index in [1.807, 2.05) is 0 Å². The molecule has 0 saturated carbocycles. The Morgan fingerprint density at radius 2 is 1.96 bits per heavy atom. The van der Waals surface area contributed by atoms with Crippen molar-refractivity contribution in [3.05, 3.63) is 12.2 Å². The van der Waals surface area contributed by atoms with Crippen LogP contribution in [0.25, 0.3) is 0 Å². The number of esters is 1. The Labute approximate surface area is 145 Å². The summed E-state index contributed by atoms with van der Waals surface area (Å²) in [5.41, 5.74) is -0.675. The number of carboxylic acids is 1. The zero-order valence-electron chi connectivity index (χ0n) is 14.8. The van der Waals surface area contributed by atoms with Crippen LogP contribution in [-0.2, 0) is 28.7 Å². The van der Waals surface area contributed by atoms with Crippen molar-refractivity contribution in [2.75, 3.05) is 20.3 Å². The fraction of sp³-hybridized carbons (Fsp3) is 0.625. The molecule has 2 amide bonds. The minimum Gasteiger partial charge on any atom is -0.478 e. The Morgan fingerprint density at radius 1 is 1.32 bits per heavy atom. The van der Waals surface area contributed by atoms with E-state index in [1.54, 1.807) is 20.8 Å². The smallest absolute Gasteiger partial charge is 0.328 e. The highest BCUT2D eigenvalue weighted by atomic mass is 16.6. The Bertz CT molecular complexity index is 565. The van der Waals surface area contributed by atoms with Crippen molar-refractivity contribution in [1.29, 1.82) is 0 Å². The molecule has 0 unspecified atom stereocenters. The second kappa shape index (κ2) is 8.61. The molecule has 0 aromatic carbocycles. The van der Waals surface area contributed by atoms with E-state index in [9.17, 15) is 19.2 Å². The van der Waals surface area contributed by atoms with Gasteiger partial charge in [-0.25, -0.2) is 4.79 Å². The van der Waals surface area contributed by atoms with Crippen molar-refractivity contribution < 1.29 is 33.8 Å². The third-order valence-corrected chi connectivity index (χ3v) is 3.30. The molecule has 1 rings (SSSR count). The second-order valence-electron chi connectivity index (χ2n) is 6.63. The molecule has 1 fully saturated rings. The molecule has 1 heterocycles. The predicted octanol–water partition coefficient (Wildman–Crippen LogP) is -0.299. The van der Waals surface area contributed by atoms with Crippen molar-refractivity contribution in [2.45, 2.75) is 44.9 Å². The molecule has 2 atom stereocenters. The number of amides is 2. The van der Waals surface area contributed by atoms with Gasteiger partial charge in [0.2, 0.25) is 11.8 Å². The Hall–Kier alpha value is -2.42. The first kappa shape index (κ1) is 20.6. The van der Waals surface area contributed by atoms with Gasteiger partial charge >= 0.3 is 11.9 Å². The highest BCUT2D eigenvalue weighted by molar-refractivity contribution is 5.97. The largest absolute Gasteiger partial charge is 0.478 e. The Balaban J connectivity index is 2.76. The van der Waals surface area contributed by atoms with E-state index in [4.69, 9.17) is 14.6 Å². The summed E-state index contributed by atoms with van der Waals surface area (Å²) in [6.45, 7) is 5.12. The fourth-order valence-electron chi connectivity index (χ4n) is 2.44. The first-order valence-electron chi connectivity index (χ1n) is 7.76. The quantitative estimate of drug-likeness (QED) is 0.474. The molecule has 1 aliphatic heterocycles. The first-order valence-corrected chi connectivity index (χ1v) is 7.76. The zero-order valence-corrected chi connectivity index (χ0v) is 14.8. The number of aliphatic carboxylic acids is 1. The number of nitrogens with zero attached hydrogens (tertiary/aromatic N) is 1. The van der Waals surface area contributed by atoms with Crippen LogP contribution < -0.4 is 5.32 Å². The maximum absolute atomic E-state index is 12.5. The molecule has 140 valence electrons. The monoisotopic (exact) mass is 356 g/mol. The highest BCUT2D eigenvalue weighted by Gasteiger charge is 2.41. The number of hydrogen-bond donors (Lipinski definition) is 2. The van der Waals surface area contributed by atoms with E-state index in [0.29, 0.717) is 6.08 Å². The van der Waals surface area contributed by atoms with E-state index >= 15 is 0 Å². The van der Waals surface area contributed by atoms with Crippen molar-refractivity contribution in [1.82, 2.24) is 10.2 Å². The van der Waals surface area contributed by atoms with Crippen molar-refractivity contribution in [3.63, 3.8) is 0 Å². The number of carboxylic acid groups (broad SMARTS) is 1. The van der Waals surface area contributed by atoms with Crippen LogP contribution in [0, 0.1) is 0 Å².